The molecule has 3 amide bonds. The number of fused-ring (bicyclic) bond motifs is 3. The van der Waals surface area contributed by atoms with E-state index < -0.39 is 12.1 Å². The SMILES string of the molecule is CC(C)[C@H](NC(=O)[C@@H]1CS[C@@H]2c3ccccc3C(=O)N21)C(=O)NC1CCCCC1. The minimum Gasteiger partial charge on any atom is -0.352 e. The number of amides is 3. The van der Waals surface area contributed by atoms with Gasteiger partial charge in [-0.3, -0.25) is 14.4 Å². The molecule has 4 rings (SSSR count). The average Bonchev–Trinajstić information content (AvgIpc) is 3.27. The molecule has 156 valence electrons. The van der Waals surface area contributed by atoms with Gasteiger partial charge in [0.25, 0.3) is 5.91 Å². The van der Waals surface area contributed by atoms with Gasteiger partial charge in [0.05, 0.1) is 0 Å². The average molecular weight is 416 g/mol. The van der Waals surface area contributed by atoms with Crippen molar-refractivity contribution in [3.63, 3.8) is 0 Å². The van der Waals surface area contributed by atoms with Crippen LogP contribution in [-0.4, -0.2) is 46.5 Å². The first-order valence-corrected chi connectivity index (χ1v) is 11.7. The number of carbonyl (C=O) groups excluding carboxylic acids is 3. The molecule has 1 aliphatic carbocycles. The first-order chi connectivity index (χ1) is 14.0. The number of nitrogens with one attached hydrogen (secondary N) is 2. The molecular weight excluding hydrogens is 386 g/mol. The Morgan fingerprint density at radius 3 is 2.59 bits per heavy atom. The van der Waals surface area contributed by atoms with E-state index in [2.05, 4.69) is 10.6 Å². The molecule has 0 radical (unpaired) electrons. The Bertz CT molecular complexity index is 806. The van der Waals surface area contributed by atoms with E-state index in [1.165, 1.54) is 6.42 Å². The quantitative estimate of drug-likeness (QED) is 0.775. The molecule has 1 aromatic rings. The Kier molecular flexibility index (Phi) is 5.86. The van der Waals surface area contributed by atoms with Crippen LogP contribution in [0.25, 0.3) is 0 Å². The third kappa shape index (κ3) is 3.89. The highest BCUT2D eigenvalue weighted by molar-refractivity contribution is 7.99. The van der Waals surface area contributed by atoms with E-state index in [1.54, 1.807) is 16.7 Å². The van der Waals surface area contributed by atoms with E-state index >= 15 is 0 Å². The van der Waals surface area contributed by atoms with E-state index in [0.29, 0.717) is 11.3 Å². The van der Waals surface area contributed by atoms with Crippen LogP contribution in [-0.2, 0) is 9.59 Å². The second kappa shape index (κ2) is 8.38. The third-order valence-corrected chi connectivity index (χ3v) is 7.50. The number of nitrogens with zero attached hydrogens (tertiary/aromatic N) is 1. The second-order valence-corrected chi connectivity index (χ2v) is 9.69. The van der Waals surface area contributed by atoms with Crippen LogP contribution in [0.3, 0.4) is 0 Å². The van der Waals surface area contributed by atoms with Gasteiger partial charge in [-0.05, 0) is 30.4 Å². The van der Waals surface area contributed by atoms with Crippen LogP contribution in [0, 0.1) is 5.92 Å². The normalized spacial score (nSPS) is 24.9. The molecular formula is C22H29N3O3S. The highest BCUT2D eigenvalue weighted by Crippen LogP contribution is 2.48. The van der Waals surface area contributed by atoms with Crippen molar-refractivity contribution in [3.8, 4) is 0 Å². The highest BCUT2D eigenvalue weighted by Gasteiger charge is 2.48. The molecule has 1 saturated heterocycles. The fraction of sp³-hybridized carbons (Fsp3) is 0.591. The van der Waals surface area contributed by atoms with Crippen molar-refractivity contribution < 1.29 is 14.4 Å². The summed E-state index contributed by atoms with van der Waals surface area (Å²) in [6, 6.07) is 6.62. The van der Waals surface area contributed by atoms with Crippen molar-refractivity contribution in [1.82, 2.24) is 15.5 Å². The lowest BCUT2D eigenvalue weighted by atomic mass is 9.94. The molecule has 29 heavy (non-hydrogen) atoms. The van der Waals surface area contributed by atoms with Gasteiger partial charge in [0.2, 0.25) is 11.8 Å². The van der Waals surface area contributed by atoms with Crippen molar-refractivity contribution in [2.24, 2.45) is 5.92 Å². The number of carbonyl (C=O) groups is 3. The van der Waals surface area contributed by atoms with Crippen molar-refractivity contribution in [3.05, 3.63) is 35.4 Å². The maximum atomic E-state index is 13.1. The summed E-state index contributed by atoms with van der Waals surface area (Å²) in [4.78, 5) is 40.5. The Morgan fingerprint density at radius 2 is 1.86 bits per heavy atom. The van der Waals surface area contributed by atoms with Gasteiger partial charge in [0, 0.05) is 17.4 Å². The van der Waals surface area contributed by atoms with Crippen molar-refractivity contribution >= 4 is 29.5 Å². The third-order valence-electron chi connectivity index (χ3n) is 6.19. The molecule has 7 heteroatoms. The second-order valence-electron chi connectivity index (χ2n) is 8.57. The number of thioether (sulfide) groups is 1. The topological polar surface area (TPSA) is 78.5 Å². The monoisotopic (exact) mass is 415 g/mol. The molecule has 0 bridgehead atoms. The lowest BCUT2D eigenvalue weighted by Crippen LogP contribution is -2.56. The zero-order chi connectivity index (χ0) is 20.5. The predicted octanol–water partition coefficient (Wildman–Crippen LogP) is 2.85. The fourth-order valence-electron chi connectivity index (χ4n) is 4.56. The van der Waals surface area contributed by atoms with Gasteiger partial charge in [0.1, 0.15) is 17.5 Å². The van der Waals surface area contributed by atoms with Crippen LogP contribution >= 0.6 is 11.8 Å². The molecule has 6 nitrogen and oxygen atoms in total. The lowest BCUT2D eigenvalue weighted by molar-refractivity contribution is -0.132. The van der Waals surface area contributed by atoms with Crippen molar-refractivity contribution in [2.75, 3.05) is 5.75 Å². The minimum atomic E-state index is -0.589. The number of hydrogen-bond donors (Lipinski definition) is 2. The Hall–Kier alpha value is -2.02. The molecule has 0 spiro atoms. The number of rotatable bonds is 5. The Morgan fingerprint density at radius 1 is 1.14 bits per heavy atom. The maximum Gasteiger partial charge on any atom is 0.256 e. The van der Waals surface area contributed by atoms with E-state index in [9.17, 15) is 14.4 Å². The van der Waals surface area contributed by atoms with Crippen LogP contribution < -0.4 is 10.6 Å². The van der Waals surface area contributed by atoms with E-state index in [0.717, 1.165) is 31.2 Å². The summed E-state index contributed by atoms with van der Waals surface area (Å²) in [6.45, 7) is 3.88. The van der Waals surface area contributed by atoms with E-state index in [4.69, 9.17) is 0 Å². The fourth-order valence-corrected chi connectivity index (χ4v) is 6.03. The summed E-state index contributed by atoms with van der Waals surface area (Å²) >= 11 is 1.61. The number of benzene rings is 1. The first kappa shape index (κ1) is 20.3. The standard InChI is InChI=1S/C22H29N3O3S/c1-13(2)18(20(27)23-14-8-4-3-5-9-14)24-19(26)17-12-29-22-16-11-7-6-10-15(16)21(28)25(17)22/h6-7,10-11,13-14,17-18,22H,3-5,8-9,12H2,1-2H3,(H,23,27)(H,24,26)/t17-,18-,22+/m0/s1. The molecule has 0 aromatic heterocycles. The molecule has 2 fully saturated rings. The summed E-state index contributed by atoms with van der Waals surface area (Å²) < 4.78 is 0. The number of hydrogen-bond acceptors (Lipinski definition) is 4. The smallest absolute Gasteiger partial charge is 0.256 e. The molecule has 0 unspecified atom stereocenters. The minimum absolute atomic E-state index is 0.0288. The Labute approximate surface area is 176 Å². The van der Waals surface area contributed by atoms with Crippen molar-refractivity contribution in [2.45, 2.75) is 69.5 Å². The van der Waals surface area contributed by atoms with Gasteiger partial charge in [-0.25, -0.2) is 0 Å². The molecule has 3 aliphatic rings. The lowest BCUT2D eigenvalue weighted by Gasteiger charge is -2.29. The largest absolute Gasteiger partial charge is 0.352 e. The van der Waals surface area contributed by atoms with Crippen LogP contribution in [0.1, 0.15) is 67.2 Å². The van der Waals surface area contributed by atoms with Gasteiger partial charge in [-0.2, -0.15) is 0 Å². The molecule has 1 aromatic carbocycles. The predicted molar refractivity (Wildman–Crippen MR) is 113 cm³/mol. The maximum absolute atomic E-state index is 13.1. The summed E-state index contributed by atoms with van der Waals surface area (Å²) in [5.74, 6) is 0.0746. The van der Waals surface area contributed by atoms with Gasteiger partial charge < -0.3 is 15.5 Å². The molecule has 2 heterocycles. The zero-order valence-electron chi connectivity index (χ0n) is 17.0. The van der Waals surface area contributed by atoms with E-state index in [1.807, 2.05) is 38.1 Å². The highest BCUT2D eigenvalue weighted by atomic mass is 32.2. The zero-order valence-corrected chi connectivity index (χ0v) is 17.8. The van der Waals surface area contributed by atoms with Crippen molar-refractivity contribution in [1.29, 1.82) is 0 Å². The van der Waals surface area contributed by atoms with Crippen LogP contribution in [0.5, 0.6) is 0 Å². The Balaban J connectivity index is 1.43. The molecule has 3 atom stereocenters. The summed E-state index contributed by atoms with van der Waals surface area (Å²) in [5, 5.41) is 5.97. The van der Waals surface area contributed by atoms with Crippen LogP contribution in [0.4, 0.5) is 0 Å². The van der Waals surface area contributed by atoms with Gasteiger partial charge >= 0.3 is 0 Å². The molecule has 2 N–H and O–H groups in total. The molecule has 1 saturated carbocycles. The molecule has 2 aliphatic heterocycles. The van der Waals surface area contributed by atoms with Crippen LogP contribution in [0.15, 0.2) is 24.3 Å². The van der Waals surface area contributed by atoms with Gasteiger partial charge in [-0.15, -0.1) is 11.8 Å². The summed E-state index contributed by atoms with van der Waals surface area (Å²) in [5.41, 5.74) is 1.66. The summed E-state index contributed by atoms with van der Waals surface area (Å²) in [7, 11) is 0. The first-order valence-electron chi connectivity index (χ1n) is 10.6. The van der Waals surface area contributed by atoms with Crippen LogP contribution in [0.2, 0.25) is 0 Å². The van der Waals surface area contributed by atoms with E-state index in [-0.39, 0.29) is 35.1 Å². The van der Waals surface area contributed by atoms with Gasteiger partial charge in [0.15, 0.2) is 0 Å². The van der Waals surface area contributed by atoms with Gasteiger partial charge in [-0.1, -0.05) is 51.3 Å². The summed E-state index contributed by atoms with van der Waals surface area (Å²) in [6.07, 6.45) is 5.52.